The van der Waals surface area contributed by atoms with Crippen LogP contribution >= 0.6 is 0 Å². The van der Waals surface area contributed by atoms with E-state index in [1.807, 2.05) is 21.6 Å². The van der Waals surface area contributed by atoms with Crippen molar-refractivity contribution in [1.82, 2.24) is 24.9 Å². The highest BCUT2D eigenvalue weighted by Crippen LogP contribution is 2.65. The second-order valence-corrected chi connectivity index (χ2v) is 9.73. The molecule has 0 radical (unpaired) electrons. The van der Waals surface area contributed by atoms with Gasteiger partial charge in [0.1, 0.15) is 12.4 Å². The summed E-state index contributed by atoms with van der Waals surface area (Å²) in [4.78, 5) is 23.5. The SMILES string of the molecule is O=C(CC12CC3CC(C1)CC(n1cc([N+](=O)[O-])cn1)(C3)C2)NCCCn1cccn1. The Morgan fingerprint density at radius 1 is 1.27 bits per heavy atom. The number of hydrogen-bond donors (Lipinski definition) is 1. The number of carbonyl (C=O) groups is 1. The van der Waals surface area contributed by atoms with Gasteiger partial charge >= 0.3 is 5.69 Å². The van der Waals surface area contributed by atoms with Crippen molar-refractivity contribution in [3.05, 3.63) is 41.0 Å². The first kappa shape index (κ1) is 19.3. The van der Waals surface area contributed by atoms with Crippen molar-refractivity contribution in [2.45, 2.75) is 63.5 Å². The highest BCUT2D eigenvalue weighted by Gasteiger charge is 2.59. The van der Waals surface area contributed by atoms with Crippen molar-refractivity contribution in [3.8, 4) is 0 Å². The van der Waals surface area contributed by atoms with Gasteiger partial charge in [0.15, 0.2) is 0 Å². The van der Waals surface area contributed by atoms with Crippen LogP contribution in [0.15, 0.2) is 30.9 Å². The number of amides is 1. The summed E-state index contributed by atoms with van der Waals surface area (Å²) in [5.74, 6) is 1.29. The largest absolute Gasteiger partial charge is 0.356 e. The van der Waals surface area contributed by atoms with Gasteiger partial charge in [0.25, 0.3) is 0 Å². The van der Waals surface area contributed by atoms with Gasteiger partial charge in [0.05, 0.1) is 10.5 Å². The summed E-state index contributed by atoms with van der Waals surface area (Å²) in [5, 5.41) is 22.8. The number of aryl methyl sites for hydroxylation is 1. The zero-order chi connectivity index (χ0) is 20.8. The molecule has 2 atom stereocenters. The Bertz CT molecular complexity index is 922. The lowest BCUT2D eigenvalue weighted by Crippen LogP contribution is -2.57. The summed E-state index contributed by atoms with van der Waals surface area (Å²) >= 11 is 0. The number of carbonyl (C=O) groups excluding carboxylic acids is 1. The van der Waals surface area contributed by atoms with Gasteiger partial charge in [-0.1, -0.05) is 0 Å². The third kappa shape index (κ3) is 3.50. The summed E-state index contributed by atoms with van der Waals surface area (Å²) < 4.78 is 3.73. The Balaban J connectivity index is 1.24. The standard InChI is InChI=1S/C21H28N6O3/c28-19(22-3-1-5-25-6-2-4-23-25)12-20-8-16-7-17(9-20)11-21(10-16,15-20)26-14-18(13-24-26)27(29)30/h2,4,6,13-14,16-17H,1,3,5,7-12,15H2,(H,22,28). The zero-order valence-electron chi connectivity index (χ0n) is 17.1. The number of rotatable bonds is 8. The minimum absolute atomic E-state index is 0.00310. The maximum atomic E-state index is 12.8. The second kappa shape index (κ2) is 7.21. The Kier molecular flexibility index (Phi) is 4.63. The minimum Gasteiger partial charge on any atom is -0.356 e. The summed E-state index contributed by atoms with van der Waals surface area (Å²) in [7, 11) is 0. The van der Waals surface area contributed by atoms with Crippen molar-refractivity contribution >= 4 is 11.6 Å². The van der Waals surface area contributed by atoms with Crippen LogP contribution in [0.4, 0.5) is 5.69 Å². The Labute approximate surface area is 175 Å². The number of aromatic nitrogens is 4. The molecule has 0 saturated heterocycles. The molecule has 4 aliphatic rings. The fourth-order valence-corrected chi connectivity index (χ4v) is 6.85. The summed E-state index contributed by atoms with van der Waals surface area (Å²) in [5.41, 5.74) is -0.120. The fourth-order valence-electron chi connectivity index (χ4n) is 6.85. The highest BCUT2D eigenvalue weighted by atomic mass is 16.6. The molecule has 0 aromatic carbocycles. The molecular formula is C21H28N6O3. The topological polar surface area (TPSA) is 108 Å². The van der Waals surface area contributed by atoms with Crippen LogP contribution in [0.5, 0.6) is 0 Å². The lowest BCUT2D eigenvalue weighted by molar-refractivity contribution is -0.385. The Morgan fingerprint density at radius 3 is 2.73 bits per heavy atom. The van der Waals surface area contributed by atoms with Crippen molar-refractivity contribution < 1.29 is 9.72 Å². The van der Waals surface area contributed by atoms with Crippen LogP contribution in [-0.2, 0) is 16.9 Å². The van der Waals surface area contributed by atoms with Gasteiger partial charge in [-0.15, -0.1) is 0 Å². The molecule has 4 bridgehead atoms. The summed E-state index contributed by atoms with van der Waals surface area (Å²) in [6.45, 7) is 1.45. The van der Waals surface area contributed by atoms with Crippen molar-refractivity contribution in [1.29, 1.82) is 0 Å². The Hall–Kier alpha value is -2.71. The average molecular weight is 412 g/mol. The molecule has 4 fully saturated rings. The van der Waals surface area contributed by atoms with Crippen molar-refractivity contribution in [2.24, 2.45) is 17.3 Å². The first-order chi connectivity index (χ1) is 14.5. The molecule has 160 valence electrons. The number of nitrogens with one attached hydrogen (secondary N) is 1. The molecule has 2 aromatic heterocycles. The van der Waals surface area contributed by atoms with Crippen molar-refractivity contribution in [3.63, 3.8) is 0 Å². The molecule has 1 amide bonds. The van der Waals surface area contributed by atoms with E-state index in [0.29, 0.717) is 24.8 Å². The zero-order valence-corrected chi connectivity index (χ0v) is 17.1. The van der Waals surface area contributed by atoms with E-state index in [4.69, 9.17) is 0 Å². The quantitative estimate of drug-likeness (QED) is 0.407. The Morgan fingerprint density at radius 2 is 2.07 bits per heavy atom. The van der Waals surface area contributed by atoms with Crippen LogP contribution in [0.25, 0.3) is 0 Å². The molecule has 0 aliphatic heterocycles. The summed E-state index contributed by atoms with van der Waals surface area (Å²) in [6, 6.07) is 1.90. The molecule has 9 nitrogen and oxygen atoms in total. The van der Waals surface area contributed by atoms with E-state index in [0.717, 1.165) is 45.1 Å². The second-order valence-electron chi connectivity index (χ2n) is 9.73. The molecule has 0 spiro atoms. The molecule has 2 unspecified atom stereocenters. The van der Waals surface area contributed by atoms with Gasteiger partial charge in [-0.3, -0.25) is 24.3 Å². The molecule has 1 N–H and O–H groups in total. The van der Waals surface area contributed by atoms with Crippen LogP contribution < -0.4 is 5.32 Å². The normalized spacial score (nSPS) is 31.7. The van der Waals surface area contributed by atoms with E-state index in [1.165, 1.54) is 12.6 Å². The van der Waals surface area contributed by atoms with Gasteiger partial charge in [-0.05, 0) is 68.3 Å². The molecule has 2 heterocycles. The van der Waals surface area contributed by atoms with E-state index in [9.17, 15) is 14.9 Å². The third-order valence-corrected chi connectivity index (χ3v) is 7.40. The fraction of sp³-hybridized carbons (Fsp3) is 0.667. The van der Waals surface area contributed by atoms with Crippen LogP contribution in [0.3, 0.4) is 0 Å². The smallest absolute Gasteiger partial charge is 0.307 e. The number of nitrogens with zero attached hydrogens (tertiary/aromatic N) is 5. The molecular weight excluding hydrogens is 384 g/mol. The van der Waals surface area contributed by atoms with E-state index < -0.39 is 0 Å². The van der Waals surface area contributed by atoms with Gasteiger partial charge in [-0.2, -0.15) is 10.2 Å². The molecule has 30 heavy (non-hydrogen) atoms. The lowest BCUT2D eigenvalue weighted by atomic mass is 9.46. The first-order valence-electron chi connectivity index (χ1n) is 10.9. The van der Waals surface area contributed by atoms with Crippen LogP contribution in [0.2, 0.25) is 0 Å². The third-order valence-electron chi connectivity index (χ3n) is 7.40. The predicted octanol–water partition coefficient (Wildman–Crippen LogP) is 2.88. The van der Waals surface area contributed by atoms with Crippen molar-refractivity contribution in [2.75, 3.05) is 6.54 Å². The molecule has 9 heteroatoms. The molecule has 6 rings (SSSR count). The highest BCUT2D eigenvalue weighted by molar-refractivity contribution is 5.76. The van der Waals surface area contributed by atoms with Gasteiger partial charge in [-0.25, -0.2) is 0 Å². The lowest BCUT2D eigenvalue weighted by Gasteiger charge is -2.61. The van der Waals surface area contributed by atoms with Gasteiger partial charge < -0.3 is 5.32 Å². The molecule has 2 aromatic rings. The van der Waals surface area contributed by atoms with E-state index >= 15 is 0 Å². The van der Waals surface area contributed by atoms with Crippen LogP contribution in [0.1, 0.15) is 51.4 Å². The maximum absolute atomic E-state index is 12.8. The molecule has 4 saturated carbocycles. The summed E-state index contributed by atoms with van der Waals surface area (Å²) in [6.07, 6.45) is 14.4. The molecule has 4 aliphatic carbocycles. The maximum Gasteiger partial charge on any atom is 0.307 e. The number of hydrogen-bond acceptors (Lipinski definition) is 5. The minimum atomic E-state index is -0.378. The van der Waals surface area contributed by atoms with E-state index in [2.05, 4.69) is 15.5 Å². The number of nitro groups is 1. The van der Waals surface area contributed by atoms with Crippen LogP contribution in [-0.4, -0.2) is 36.9 Å². The van der Waals surface area contributed by atoms with E-state index in [1.54, 1.807) is 12.4 Å². The predicted molar refractivity (Wildman–Crippen MR) is 108 cm³/mol. The van der Waals surface area contributed by atoms with Gasteiger partial charge in [0.2, 0.25) is 5.91 Å². The average Bonchev–Trinajstić information content (AvgIpc) is 3.36. The van der Waals surface area contributed by atoms with Crippen LogP contribution in [0, 0.1) is 27.4 Å². The monoisotopic (exact) mass is 412 g/mol. The van der Waals surface area contributed by atoms with Gasteiger partial charge in [0, 0.05) is 31.9 Å². The first-order valence-corrected chi connectivity index (χ1v) is 10.9. The van der Waals surface area contributed by atoms with E-state index in [-0.39, 0.29) is 27.5 Å².